The van der Waals surface area contributed by atoms with E-state index in [1.165, 1.54) is 34.8 Å². The first kappa shape index (κ1) is 19.3. The van der Waals surface area contributed by atoms with E-state index in [9.17, 15) is 13.2 Å². The van der Waals surface area contributed by atoms with Crippen LogP contribution in [-0.2, 0) is 10.0 Å². The lowest BCUT2D eigenvalue weighted by Crippen LogP contribution is -2.31. The van der Waals surface area contributed by atoms with Crippen LogP contribution < -0.4 is 5.32 Å². The minimum Gasteiger partial charge on any atom is -0.400 e. The monoisotopic (exact) mass is 417 g/mol. The zero-order valence-electron chi connectivity index (χ0n) is 15.4. The molecule has 1 fully saturated rings. The molecule has 1 aromatic carbocycles. The molecule has 0 saturated carbocycles. The number of carbonyl (C=O) groups is 1. The van der Waals surface area contributed by atoms with Gasteiger partial charge in [0.2, 0.25) is 15.8 Å². The average Bonchev–Trinajstić information content (AvgIpc) is 3.34. The lowest BCUT2D eigenvalue weighted by molar-refractivity contribution is 0.102. The van der Waals surface area contributed by atoms with Crippen LogP contribution in [0, 0.1) is 0 Å². The molecule has 0 bridgehead atoms. The lowest BCUT2D eigenvalue weighted by Gasteiger charge is -2.19. The van der Waals surface area contributed by atoms with Crippen molar-refractivity contribution in [1.82, 2.24) is 19.7 Å². The van der Waals surface area contributed by atoms with Gasteiger partial charge in [0.25, 0.3) is 11.8 Å². The number of sulfonamides is 1. The van der Waals surface area contributed by atoms with Gasteiger partial charge in [-0.2, -0.15) is 4.31 Å². The van der Waals surface area contributed by atoms with Gasteiger partial charge >= 0.3 is 6.01 Å². The van der Waals surface area contributed by atoms with Crippen LogP contribution in [0.1, 0.15) is 36.0 Å². The van der Waals surface area contributed by atoms with Gasteiger partial charge in [0, 0.05) is 24.7 Å². The summed E-state index contributed by atoms with van der Waals surface area (Å²) in [6.45, 7) is 1.05. The fourth-order valence-corrected chi connectivity index (χ4v) is 4.60. The summed E-state index contributed by atoms with van der Waals surface area (Å²) in [7, 11) is -3.56. The van der Waals surface area contributed by atoms with Crippen molar-refractivity contribution in [3.63, 3.8) is 0 Å². The fourth-order valence-electron chi connectivity index (χ4n) is 3.08. The van der Waals surface area contributed by atoms with E-state index < -0.39 is 15.9 Å². The molecule has 1 amide bonds. The molecule has 1 N–H and O–H groups in total. The Labute approximate surface area is 166 Å². The van der Waals surface area contributed by atoms with Gasteiger partial charge in [-0.05, 0) is 37.1 Å². The van der Waals surface area contributed by atoms with Crippen molar-refractivity contribution in [3.8, 4) is 11.7 Å². The minimum absolute atomic E-state index is 0.0803. The van der Waals surface area contributed by atoms with Crippen LogP contribution >= 0.6 is 0 Å². The number of anilines is 1. The first-order valence-corrected chi connectivity index (χ1v) is 10.6. The van der Waals surface area contributed by atoms with Crippen LogP contribution in [0.25, 0.3) is 11.7 Å². The molecule has 0 spiro atoms. The van der Waals surface area contributed by atoms with Gasteiger partial charge in [-0.15, -0.1) is 5.10 Å². The molecule has 29 heavy (non-hydrogen) atoms. The van der Waals surface area contributed by atoms with Gasteiger partial charge in [-0.3, -0.25) is 10.1 Å². The number of hydrogen-bond donors (Lipinski definition) is 1. The van der Waals surface area contributed by atoms with Crippen LogP contribution in [0.5, 0.6) is 0 Å². The standard InChI is InChI=1S/C18H19N5O5S/c24-16(20-18-22-21-17(27-18)15-9-10-19-28-15)13-5-7-14(8-6-13)29(25,26)23-11-3-1-2-4-12-23/h5-10H,1-4,11-12H2,(H,20,22,24). The van der Waals surface area contributed by atoms with Gasteiger partial charge in [0.15, 0.2) is 0 Å². The molecule has 1 aliphatic rings. The smallest absolute Gasteiger partial charge is 0.322 e. The van der Waals surface area contributed by atoms with Crippen molar-refractivity contribution in [2.24, 2.45) is 0 Å². The highest BCUT2D eigenvalue weighted by atomic mass is 32.2. The normalized spacial score (nSPS) is 15.7. The Bertz CT molecular complexity index is 1070. The second-order valence-corrected chi connectivity index (χ2v) is 8.52. The molecule has 0 aliphatic carbocycles. The Balaban J connectivity index is 1.45. The molecule has 1 aliphatic heterocycles. The van der Waals surface area contributed by atoms with E-state index in [2.05, 4.69) is 20.7 Å². The maximum Gasteiger partial charge on any atom is 0.322 e. The Hall–Kier alpha value is -3.05. The van der Waals surface area contributed by atoms with Crippen molar-refractivity contribution in [1.29, 1.82) is 0 Å². The highest BCUT2D eigenvalue weighted by Gasteiger charge is 2.25. The number of rotatable bonds is 5. The SMILES string of the molecule is O=C(Nc1nnc(-c2ccno2)o1)c1ccc(S(=O)(=O)N2CCCCCC2)cc1. The van der Waals surface area contributed by atoms with E-state index in [1.807, 2.05) is 0 Å². The Morgan fingerprint density at radius 3 is 2.38 bits per heavy atom. The van der Waals surface area contributed by atoms with E-state index in [0.717, 1.165) is 25.7 Å². The third kappa shape index (κ3) is 4.20. The van der Waals surface area contributed by atoms with Crippen LogP contribution in [0.4, 0.5) is 6.01 Å². The van der Waals surface area contributed by atoms with Crippen LogP contribution in [0.15, 0.2) is 50.4 Å². The summed E-state index contributed by atoms with van der Waals surface area (Å²) in [5, 5.41) is 13.5. The highest BCUT2D eigenvalue weighted by Crippen LogP contribution is 2.22. The van der Waals surface area contributed by atoms with Gasteiger partial charge in [-0.1, -0.05) is 23.1 Å². The summed E-state index contributed by atoms with van der Waals surface area (Å²) in [4.78, 5) is 12.6. The third-order valence-electron chi connectivity index (χ3n) is 4.61. The van der Waals surface area contributed by atoms with Crippen molar-refractivity contribution >= 4 is 21.9 Å². The van der Waals surface area contributed by atoms with Gasteiger partial charge in [0.05, 0.1) is 11.1 Å². The van der Waals surface area contributed by atoms with Crippen molar-refractivity contribution < 1.29 is 22.2 Å². The highest BCUT2D eigenvalue weighted by molar-refractivity contribution is 7.89. The first-order chi connectivity index (χ1) is 14.0. The Morgan fingerprint density at radius 1 is 1.00 bits per heavy atom. The second kappa shape index (κ2) is 8.13. The predicted octanol–water partition coefficient (Wildman–Crippen LogP) is 2.54. The van der Waals surface area contributed by atoms with Crippen molar-refractivity contribution in [2.75, 3.05) is 18.4 Å². The van der Waals surface area contributed by atoms with Gasteiger partial charge in [-0.25, -0.2) is 8.42 Å². The Morgan fingerprint density at radius 2 is 1.72 bits per heavy atom. The van der Waals surface area contributed by atoms with Crippen LogP contribution in [0.2, 0.25) is 0 Å². The maximum atomic E-state index is 12.8. The summed E-state index contributed by atoms with van der Waals surface area (Å²) >= 11 is 0. The van der Waals surface area contributed by atoms with E-state index >= 15 is 0 Å². The number of amides is 1. The van der Waals surface area contributed by atoms with Crippen molar-refractivity contribution in [3.05, 3.63) is 42.1 Å². The van der Waals surface area contributed by atoms with Crippen LogP contribution in [0.3, 0.4) is 0 Å². The molecular weight excluding hydrogens is 398 g/mol. The van der Waals surface area contributed by atoms with Crippen molar-refractivity contribution in [2.45, 2.75) is 30.6 Å². The lowest BCUT2D eigenvalue weighted by atomic mass is 10.2. The molecule has 3 heterocycles. The summed E-state index contributed by atoms with van der Waals surface area (Å²) in [6, 6.07) is 7.21. The summed E-state index contributed by atoms with van der Waals surface area (Å²) in [6.07, 6.45) is 5.23. The molecule has 2 aromatic heterocycles. The molecule has 4 rings (SSSR count). The zero-order chi connectivity index (χ0) is 20.3. The molecule has 0 unspecified atom stereocenters. The summed E-state index contributed by atoms with van der Waals surface area (Å²) < 4.78 is 37.3. The number of carbonyl (C=O) groups excluding carboxylic acids is 1. The number of benzene rings is 1. The molecular formula is C18H19N5O5S. The summed E-state index contributed by atoms with van der Waals surface area (Å²) in [5.74, 6) is -0.144. The number of nitrogens with one attached hydrogen (secondary N) is 1. The molecule has 152 valence electrons. The third-order valence-corrected chi connectivity index (χ3v) is 6.53. The molecule has 10 nitrogen and oxygen atoms in total. The van der Waals surface area contributed by atoms with E-state index in [1.54, 1.807) is 6.07 Å². The molecule has 0 radical (unpaired) electrons. The quantitative estimate of drug-likeness (QED) is 0.670. The molecule has 1 saturated heterocycles. The topological polar surface area (TPSA) is 131 Å². The van der Waals surface area contributed by atoms with E-state index in [0.29, 0.717) is 13.1 Å². The van der Waals surface area contributed by atoms with Crippen LogP contribution in [-0.4, -0.2) is 47.1 Å². The molecule has 11 heteroatoms. The zero-order valence-corrected chi connectivity index (χ0v) is 16.3. The van der Waals surface area contributed by atoms with E-state index in [-0.39, 0.29) is 28.1 Å². The first-order valence-electron chi connectivity index (χ1n) is 9.20. The molecule has 3 aromatic rings. The average molecular weight is 417 g/mol. The maximum absolute atomic E-state index is 12.8. The fraction of sp³-hybridized carbons (Fsp3) is 0.333. The predicted molar refractivity (Wildman–Crippen MR) is 101 cm³/mol. The summed E-state index contributed by atoms with van der Waals surface area (Å²) in [5.41, 5.74) is 0.263. The number of nitrogens with zero attached hydrogens (tertiary/aromatic N) is 4. The second-order valence-electron chi connectivity index (χ2n) is 6.59. The van der Waals surface area contributed by atoms with Gasteiger partial charge < -0.3 is 8.94 Å². The van der Waals surface area contributed by atoms with E-state index in [4.69, 9.17) is 8.94 Å². The number of hydrogen-bond acceptors (Lipinski definition) is 8. The van der Waals surface area contributed by atoms with Gasteiger partial charge in [0.1, 0.15) is 0 Å². The number of aromatic nitrogens is 3. The molecule has 0 atom stereocenters. The Kier molecular flexibility index (Phi) is 5.41. The largest absolute Gasteiger partial charge is 0.400 e. The minimum atomic E-state index is -3.56.